The van der Waals surface area contributed by atoms with E-state index in [9.17, 15) is 13.2 Å². The summed E-state index contributed by atoms with van der Waals surface area (Å²) in [5.74, 6) is 0.434. The number of nitrogens with two attached hydrogens (primary N) is 1. The Morgan fingerprint density at radius 3 is 2.19 bits per heavy atom. The highest BCUT2D eigenvalue weighted by atomic mass is 32.2. The van der Waals surface area contributed by atoms with Crippen molar-refractivity contribution in [3.63, 3.8) is 0 Å². The number of nitrogens with zero attached hydrogens (tertiary/aromatic N) is 4. The molecule has 3 N–H and O–H groups in total. The molecule has 0 saturated heterocycles. The van der Waals surface area contributed by atoms with Crippen LogP contribution < -0.4 is 10.0 Å². The quantitative estimate of drug-likeness (QED) is 0.124. The number of nitrogen functional groups attached to an aromatic ring is 1. The number of aryl methyl sites for hydroxylation is 3. The second-order valence-corrected chi connectivity index (χ2v) is 12.1. The Morgan fingerprint density at radius 2 is 1.58 bits per heavy atom. The molecule has 4 aromatic rings. The molecule has 43 heavy (non-hydrogen) atoms. The maximum Gasteiger partial charge on any atom is 0.338 e. The first-order chi connectivity index (χ1) is 20.6. The van der Waals surface area contributed by atoms with Crippen LogP contribution in [0.4, 0.5) is 5.69 Å². The normalized spacial score (nSPS) is 11.7. The molecule has 3 aromatic carbocycles. The van der Waals surface area contributed by atoms with Crippen molar-refractivity contribution in [2.24, 2.45) is 12.8 Å². The van der Waals surface area contributed by atoms with Gasteiger partial charge in [0.1, 0.15) is 11.7 Å². The smallest absolute Gasteiger partial charge is 0.338 e. The van der Waals surface area contributed by atoms with E-state index in [0.717, 1.165) is 36.4 Å². The van der Waals surface area contributed by atoms with Crippen LogP contribution >= 0.6 is 0 Å². The molecule has 1 heterocycles. The Morgan fingerprint density at radius 1 is 0.930 bits per heavy atom. The van der Waals surface area contributed by atoms with Crippen molar-refractivity contribution in [3.05, 3.63) is 89.2 Å². The fourth-order valence-corrected chi connectivity index (χ4v) is 6.44. The Labute approximate surface area is 253 Å². The van der Waals surface area contributed by atoms with E-state index in [1.807, 2.05) is 54.1 Å². The van der Waals surface area contributed by atoms with Gasteiger partial charge in [0.05, 0.1) is 33.8 Å². The van der Waals surface area contributed by atoms with Crippen molar-refractivity contribution in [3.8, 4) is 0 Å². The van der Waals surface area contributed by atoms with Gasteiger partial charge in [-0.25, -0.2) is 18.2 Å². The lowest BCUT2D eigenvalue weighted by molar-refractivity contribution is 0.0526. The van der Waals surface area contributed by atoms with Gasteiger partial charge in [-0.1, -0.05) is 38.1 Å². The summed E-state index contributed by atoms with van der Waals surface area (Å²) in [6, 6.07) is 19.0. The van der Waals surface area contributed by atoms with Gasteiger partial charge in [0, 0.05) is 32.1 Å². The minimum Gasteiger partial charge on any atom is -0.462 e. The molecule has 0 aliphatic heterocycles. The van der Waals surface area contributed by atoms with Crippen molar-refractivity contribution in [2.45, 2.75) is 38.5 Å². The zero-order valence-corrected chi connectivity index (χ0v) is 26.0. The fourth-order valence-electron chi connectivity index (χ4n) is 4.99. The Balaban J connectivity index is 1.64. The van der Waals surface area contributed by atoms with Crippen LogP contribution in [0.25, 0.3) is 11.0 Å². The zero-order chi connectivity index (χ0) is 31.1. The van der Waals surface area contributed by atoms with Crippen LogP contribution in [-0.4, -0.2) is 67.5 Å². The zero-order valence-electron chi connectivity index (χ0n) is 25.2. The third kappa shape index (κ3) is 7.23. The third-order valence-corrected chi connectivity index (χ3v) is 9.46. The average molecular weight is 605 g/mol. The summed E-state index contributed by atoms with van der Waals surface area (Å²) < 4.78 is 36.5. The molecule has 0 spiro atoms. The lowest BCUT2D eigenvalue weighted by atomic mass is 10.1. The SMILES string of the molecule is CCOC(=O)c1ccc(S(=O)(=O)N(CCN(CC)CC)c2ccc3c(c2)nc(CCc2ccc(C(=N)N)cc2)n3C)cc1. The number of ether oxygens (including phenoxy) is 1. The number of hydrogen-bond donors (Lipinski definition) is 2. The van der Waals surface area contributed by atoms with E-state index in [4.69, 9.17) is 20.9 Å². The third-order valence-electron chi connectivity index (χ3n) is 7.61. The lowest BCUT2D eigenvalue weighted by Crippen LogP contribution is -2.38. The molecule has 0 bridgehead atoms. The summed E-state index contributed by atoms with van der Waals surface area (Å²) in [5.41, 5.74) is 9.81. The van der Waals surface area contributed by atoms with Crippen molar-refractivity contribution in [1.82, 2.24) is 14.5 Å². The number of amidine groups is 1. The van der Waals surface area contributed by atoms with Crippen molar-refractivity contribution >= 4 is 38.5 Å². The highest BCUT2D eigenvalue weighted by molar-refractivity contribution is 7.92. The Bertz CT molecular complexity index is 1680. The van der Waals surface area contributed by atoms with Gasteiger partial charge >= 0.3 is 5.97 Å². The van der Waals surface area contributed by atoms with E-state index in [1.54, 1.807) is 6.92 Å². The molecular formula is C32H40N6O4S. The van der Waals surface area contributed by atoms with Gasteiger partial charge in [0.25, 0.3) is 10.0 Å². The predicted molar refractivity (Wildman–Crippen MR) is 170 cm³/mol. The molecule has 0 saturated carbocycles. The van der Waals surface area contributed by atoms with E-state index in [1.165, 1.54) is 28.6 Å². The van der Waals surface area contributed by atoms with Crippen LogP contribution in [0.1, 0.15) is 48.1 Å². The number of likely N-dealkylation sites (N-methyl/N-ethyl adjacent to an activating group) is 1. The predicted octanol–water partition coefficient (Wildman–Crippen LogP) is 4.36. The first kappa shape index (κ1) is 31.7. The highest BCUT2D eigenvalue weighted by Crippen LogP contribution is 2.28. The molecule has 1 aromatic heterocycles. The number of sulfonamides is 1. The average Bonchev–Trinajstić information content (AvgIpc) is 3.32. The summed E-state index contributed by atoms with van der Waals surface area (Å²) in [5, 5.41) is 7.58. The summed E-state index contributed by atoms with van der Waals surface area (Å²) >= 11 is 0. The van der Waals surface area contributed by atoms with Gasteiger partial charge in [-0.15, -0.1) is 0 Å². The van der Waals surface area contributed by atoms with Gasteiger partial charge in [-0.2, -0.15) is 0 Å². The number of nitrogens with one attached hydrogen (secondary N) is 1. The van der Waals surface area contributed by atoms with E-state index < -0.39 is 16.0 Å². The minimum absolute atomic E-state index is 0.0412. The van der Waals surface area contributed by atoms with Crippen LogP contribution in [0.3, 0.4) is 0 Å². The van der Waals surface area contributed by atoms with Gasteiger partial charge in [0.15, 0.2) is 0 Å². The van der Waals surface area contributed by atoms with Crippen LogP contribution in [0.15, 0.2) is 71.6 Å². The fraction of sp³-hybridized carbons (Fsp3) is 0.344. The number of anilines is 1. The number of carbonyl (C=O) groups is 1. The van der Waals surface area contributed by atoms with Crippen molar-refractivity contribution in [2.75, 3.05) is 37.1 Å². The minimum atomic E-state index is -3.95. The van der Waals surface area contributed by atoms with Crippen LogP contribution in [-0.2, 0) is 34.6 Å². The molecule has 0 aliphatic carbocycles. The summed E-state index contributed by atoms with van der Waals surface area (Å²) in [7, 11) is -1.99. The van der Waals surface area contributed by atoms with E-state index in [0.29, 0.717) is 35.3 Å². The highest BCUT2D eigenvalue weighted by Gasteiger charge is 2.26. The van der Waals surface area contributed by atoms with Crippen molar-refractivity contribution in [1.29, 1.82) is 5.41 Å². The van der Waals surface area contributed by atoms with E-state index in [-0.39, 0.29) is 23.9 Å². The molecule has 228 valence electrons. The number of esters is 1. The van der Waals surface area contributed by atoms with E-state index in [2.05, 4.69) is 18.7 Å². The maximum atomic E-state index is 14.0. The summed E-state index contributed by atoms with van der Waals surface area (Å²) in [6.07, 6.45) is 1.45. The molecule has 0 unspecified atom stereocenters. The molecule has 0 atom stereocenters. The maximum absolute atomic E-state index is 14.0. The molecule has 11 heteroatoms. The molecule has 10 nitrogen and oxygen atoms in total. The number of hydrogen-bond acceptors (Lipinski definition) is 7. The second-order valence-electron chi connectivity index (χ2n) is 10.2. The topological polar surface area (TPSA) is 135 Å². The summed E-state index contributed by atoms with van der Waals surface area (Å²) in [4.78, 5) is 19.3. The monoisotopic (exact) mass is 604 g/mol. The Kier molecular flexibility index (Phi) is 10.2. The number of imidazole rings is 1. The summed E-state index contributed by atoms with van der Waals surface area (Å²) in [6.45, 7) is 8.49. The van der Waals surface area contributed by atoms with Gasteiger partial charge < -0.3 is 19.9 Å². The largest absolute Gasteiger partial charge is 0.462 e. The lowest BCUT2D eigenvalue weighted by Gasteiger charge is -2.28. The first-order valence-corrected chi connectivity index (χ1v) is 15.9. The number of rotatable bonds is 14. The number of aromatic nitrogens is 2. The van der Waals surface area contributed by atoms with E-state index >= 15 is 0 Å². The number of benzene rings is 3. The first-order valence-electron chi connectivity index (χ1n) is 14.5. The van der Waals surface area contributed by atoms with Crippen LogP contribution in [0.2, 0.25) is 0 Å². The number of carbonyl (C=O) groups excluding carboxylic acids is 1. The van der Waals surface area contributed by atoms with Gasteiger partial charge in [-0.3, -0.25) is 9.71 Å². The van der Waals surface area contributed by atoms with Crippen molar-refractivity contribution < 1.29 is 17.9 Å². The standard InChI is InChI=1S/C32H40N6O4S/c1-5-37(6-2)20-21-38(43(40,41)27-16-13-25(14-17-27)32(39)42-7-3)26-15-18-29-28(22-26)35-30(36(29)4)19-10-23-8-11-24(12-9-23)31(33)34/h8-9,11-18,22H,5-7,10,19-21H2,1-4H3,(H3,33,34). The molecule has 0 amide bonds. The molecule has 0 radical (unpaired) electrons. The van der Waals surface area contributed by atoms with Crippen LogP contribution in [0, 0.1) is 5.41 Å². The van der Waals surface area contributed by atoms with Gasteiger partial charge in [-0.05, 0) is 74.5 Å². The second kappa shape index (κ2) is 13.8. The molecular weight excluding hydrogens is 564 g/mol. The van der Waals surface area contributed by atoms with Crippen LogP contribution in [0.5, 0.6) is 0 Å². The molecule has 0 aliphatic rings. The Hall–Kier alpha value is -4.22. The molecule has 4 rings (SSSR count). The molecule has 0 fully saturated rings. The number of fused-ring (bicyclic) bond motifs is 1. The van der Waals surface area contributed by atoms with Gasteiger partial charge in [0.2, 0.25) is 0 Å².